The van der Waals surface area contributed by atoms with E-state index in [1.807, 2.05) is 0 Å². The summed E-state index contributed by atoms with van der Waals surface area (Å²) in [6.45, 7) is 1.59. The van der Waals surface area contributed by atoms with Crippen LogP contribution in [0.1, 0.15) is 19.8 Å². The second kappa shape index (κ2) is 6.22. The van der Waals surface area contributed by atoms with Crippen LogP contribution in [-0.4, -0.2) is 46.7 Å². The van der Waals surface area contributed by atoms with E-state index < -0.39 is 31.9 Å². The normalized spacial score (nSPS) is 15.9. The molecule has 0 aromatic rings. The molecular formula is C8H16O5S2. The minimum atomic E-state index is -3.02. The summed E-state index contributed by atoms with van der Waals surface area (Å²) in [5, 5.41) is 8.03. The first-order valence-corrected chi connectivity index (χ1v) is 7.93. The Morgan fingerprint density at radius 2 is 2.00 bits per heavy atom. The fourth-order valence-electron chi connectivity index (χ4n) is 1.00. The minimum Gasteiger partial charge on any atom is -0.481 e. The van der Waals surface area contributed by atoms with Gasteiger partial charge in [0.2, 0.25) is 0 Å². The van der Waals surface area contributed by atoms with Gasteiger partial charge < -0.3 is 5.11 Å². The van der Waals surface area contributed by atoms with Gasteiger partial charge in [-0.25, -0.2) is 8.42 Å². The van der Waals surface area contributed by atoms with Crippen LogP contribution in [0.2, 0.25) is 0 Å². The molecule has 0 fully saturated rings. The molecule has 0 amide bonds. The number of aliphatic carboxylic acids is 1. The summed E-state index contributed by atoms with van der Waals surface area (Å²) in [6, 6.07) is 0. The lowest BCUT2D eigenvalue weighted by Gasteiger charge is -2.07. The average molecular weight is 256 g/mol. The highest BCUT2D eigenvalue weighted by molar-refractivity contribution is 7.90. The van der Waals surface area contributed by atoms with Crippen LogP contribution in [-0.2, 0) is 25.4 Å². The molecule has 0 aromatic carbocycles. The number of sulfone groups is 1. The van der Waals surface area contributed by atoms with E-state index in [2.05, 4.69) is 0 Å². The Balaban J connectivity index is 3.89. The third kappa shape index (κ3) is 8.56. The van der Waals surface area contributed by atoms with Gasteiger partial charge >= 0.3 is 5.97 Å². The van der Waals surface area contributed by atoms with Crippen LogP contribution in [0.15, 0.2) is 0 Å². The molecule has 0 saturated heterocycles. The van der Waals surface area contributed by atoms with Gasteiger partial charge in [0.05, 0.1) is 12.2 Å². The zero-order chi connectivity index (χ0) is 12.1. The Hall–Kier alpha value is -0.430. The molecule has 90 valence electrons. The first-order chi connectivity index (χ1) is 6.72. The van der Waals surface area contributed by atoms with Gasteiger partial charge in [0.1, 0.15) is 9.84 Å². The first kappa shape index (κ1) is 14.6. The largest absolute Gasteiger partial charge is 0.481 e. The van der Waals surface area contributed by atoms with Gasteiger partial charge in [0.25, 0.3) is 0 Å². The molecular weight excluding hydrogens is 240 g/mol. The summed E-state index contributed by atoms with van der Waals surface area (Å²) in [5.74, 6) is -0.751. The molecule has 2 unspecified atom stereocenters. The maximum atomic E-state index is 11.4. The van der Waals surface area contributed by atoms with Crippen LogP contribution < -0.4 is 0 Å². The molecule has 0 aliphatic carbocycles. The summed E-state index contributed by atoms with van der Waals surface area (Å²) >= 11 is 0. The minimum absolute atomic E-state index is 0.00146. The third-order valence-electron chi connectivity index (χ3n) is 1.77. The molecule has 5 nitrogen and oxygen atoms in total. The van der Waals surface area contributed by atoms with Crippen molar-refractivity contribution in [3.05, 3.63) is 0 Å². The topological polar surface area (TPSA) is 88.5 Å². The number of carbonyl (C=O) groups is 1. The van der Waals surface area contributed by atoms with Gasteiger partial charge in [-0.3, -0.25) is 9.00 Å². The molecule has 0 spiro atoms. The lowest BCUT2D eigenvalue weighted by Crippen LogP contribution is -2.19. The highest BCUT2D eigenvalue weighted by atomic mass is 32.2. The van der Waals surface area contributed by atoms with Crippen LogP contribution in [0.4, 0.5) is 0 Å². The Bertz CT molecular complexity index is 333. The zero-order valence-corrected chi connectivity index (χ0v) is 10.4. The average Bonchev–Trinajstić information content (AvgIpc) is 2.00. The van der Waals surface area contributed by atoms with Crippen molar-refractivity contribution in [3.63, 3.8) is 0 Å². The summed E-state index contributed by atoms with van der Waals surface area (Å²) in [4.78, 5) is 10.3. The van der Waals surface area contributed by atoms with Crippen LogP contribution >= 0.6 is 0 Å². The number of carboxylic acid groups (broad SMARTS) is 1. The standard InChI is InChI=1S/C8H16O5S2/c1-7(6-8(9)10)14(11)4-3-5-15(2,12)13/h7H,3-6H2,1-2H3,(H,9,10). The highest BCUT2D eigenvalue weighted by Crippen LogP contribution is 2.04. The van der Waals surface area contributed by atoms with Crippen LogP contribution in [0.3, 0.4) is 0 Å². The van der Waals surface area contributed by atoms with Gasteiger partial charge in [0.15, 0.2) is 0 Å². The lowest BCUT2D eigenvalue weighted by atomic mass is 10.3. The van der Waals surface area contributed by atoms with Crippen molar-refractivity contribution in [2.24, 2.45) is 0 Å². The Morgan fingerprint density at radius 3 is 2.40 bits per heavy atom. The summed E-state index contributed by atoms with van der Waals surface area (Å²) < 4.78 is 33.0. The molecule has 0 aromatic heterocycles. The van der Waals surface area contributed by atoms with Crippen LogP contribution in [0, 0.1) is 0 Å². The van der Waals surface area contributed by atoms with Crippen LogP contribution in [0.25, 0.3) is 0 Å². The maximum Gasteiger partial charge on any atom is 0.304 e. The van der Waals surface area contributed by atoms with Crippen LogP contribution in [0.5, 0.6) is 0 Å². The number of carboxylic acids is 1. The molecule has 0 bridgehead atoms. The molecule has 1 N–H and O–H groups in total. The van der Waals surface area contributed by atoms with E-state index in [4.69, 9.17) is 5.11 Å². The zero-order valence-electron chi connectivity index (χ0n) is 8.80. The monoisotopic (exact) mass is 256 g/mol. The van der Waals surface area contributed by atoms with Gasteiger partial charge in [-0.1, -0.05) is 6.92 Å². The second-order valence-electron chi connectivity index (χ2n) is 3.48. The SMILES string of the molecule is CC(CC(=O)O)S(=O)CCCS(C)(=O)=O. The van der Waals surface area contributed by atoms with Gasteiger partial charge in [-0.15, -0.1) is 0 Å². The molecule has 2 atom stereocenters. The van der Waals surface area contributed by atoms with E-state index in [0.29, 0.717) is 6.42 Å². The van der Waals surface area contributed by atoms with Gasteiger partial charge in [-0.05, 0) is 6.42 Å². The van der Waals surface area contributed by atoms with Gasteiger partial charge in [-0.2, -0.15) is 0 Å². The molecule has 7 heteroatoms. The second-order valence-corrected chi connectivity index (χ2v) is 7.71. The summed E-state index contributed by atoms with van der Waals surface area (Å²) in [6.07, 6.45) is 1.29. The van der Waals surface area contributed by atoms with E-state index >= 15 is 0 Å². The van der Waals surface area contributed by atoms with Crippen molar-refractivity contribution in [3.8, 4) is 0 Å². The quantitative estimate of drug-likeness (QED) is 0.694. The van der Waals surface area contributed by atoms with Crippen molar-refractivity contribution in [1.82, 2.24) is 0 Å². The van der Waals surface area contributed by atoms with E-state index in [1.165, 1.54) is 0 Å². The number of rotatable bonds is 7. The molecule has 0 aliphatic heterocycles. The van der Waals surface area contributed by atoms with Crippen molar-refractivity contribution in [2.45, 2.75) is 25.0 Å². The predicted octanol–water partition coefficient (Wildman–Crippen LogP) is 0.0330. The van der Waals surface area contributed by atoms with Crippen molar-refractivity contribution in [1.29, 1.82) is 0 Å². The summed E-state index contributed by atoms with van der Waals surface area (Å²) in [7, 11) is -4.28. The molecule has 0 aliphatic rings. The number of hydrogen-bond acceptors (Lipinski definition) is 4. The summed E-state index contributed by atoms with van der Waals surface area (Å²) in [5.41, 5.74) is 0. The van der Waals surface area contributed by atoms with E-state index in [9.17, 15) is 17.4 Å². The third-order valence-corrected chi connectivity index (χ3v) is 4.56. The van der Waals surface area contributed by atoms with E-state index in [-0.39, 0.29) is 17.9 Å². The Morgan fingerprint density at radius 1 is 1.47 bits per heavy atom. The fourth-order valence-corrected chi connectivity index (χ4v) is 3.01. The van der Waals surface area contributed by atoms with E-state index in [1.54, 1.807) is 6.92 Å². The Kier molecular flexibility index (Phi) is 6.04. The van der Waals surface area contributed by atoms with Crippen molar-refractivity contribution < 1.29 is 22.5 Å². The fraction of sp³-hybridized carbons (Fsp3) is 0.875. The predicted molar refractivity (Wildman–Crippen MR) is 59.1 cm³/mol. The van der Waals surface area contributed by atoms with Crippen molar-refractivity contribution >= 4 is 26.6 Å². The lowest BCUT2D eigenvalue weighted by molar-refractivity contribution is -0.136. The van der Waals surface area contributed by atoms with Gasteiger partial charge in [0, 0.05) is 28.1 Å². The van der Waals surface area contributed by atoms with Crippen molar-refractivity contribution in [2.75, 3.05) is 17.8 Å². The smallest absolute Gasteiger partial charge is 0.304 e. The Labute approximate surface area is 92.2 Å². The molecule has 0 saturated carbocycles. The number of hydrogen-bond donors (Lipinski definition) is 1. The molecule has 0 rings (SSSR count). The molecule has 0 heterocycles. The molecule has 15 heavy (non-hydrogen) atoms. The molecule has 0 radical (unpaired) electrons. The van der Waals surface area contributed by atoms with E-state index in [0.717, 1.165) is 6.26 Å². The first-order valence-electron chi connectivity index (χ1n) is 4.49. The highest BCUT2D eigenvalue weighted by Gasteiger charge is 2.15. The maximum absolute atomic E-state index is 11.4.